The molecule has 2 saturated heterocycles. The van der Waals surface area contributed by atoms with Crippen LogP contribution < -0.4 is 5.32 Å². The van der Waals surface area contributed by atoms with Gasteiger partial charge in [0.15, 0.2) is 5.25 Å². The predicted molar refractivity (Wildman–Crippen MR) is 109 cm³/mol. The molecule has 29 heavy (non-hydrogen) atoms. The Kier molecular flexibility index (Phi) is 6.14. The minimum absolute atomic E-state index is 0.136. The van der Waals surface area contributed by atoms with E-state index in [1.807, 2.05) is 0 Å². The molecule has 4 rings (SSSR count). The largest absolute Gasteiger partial charge is 0.379 e. The number of hydrogen-bond donors (Lipinski definition) is 1. The lowest BCUT2D eigenvalue weighted by molar-refractivity contribution is -0.133. The first-order valence-corrected chi connectivity index (χ1v) is 12.3. The molecule has 0 aromatic heterocycles. The second kappa shape index (κ2) is 8.63. The zero-order chi connectivity index (χ0) is 20.4. The maximum Gasteiger partial charge on any atom is 0.247 e. The zero-order valence-corrected chi connectivity index (χ0v) is 17.8. The van der Waals surface area contributed by atoms with Gasteiger partial charge in [-0.15, -0.1) is 11.8 Å². The van der Waals surface area contributed by atoms with Crippen molar-refractivity contribution in [3.8, 4) is 0 Å². The first-order valence-electron chi connectivity index (χ1n) is 9.95. The Hall–Kier alpha value is -1.62. The molecule has 0 saturated carbocycles. The minimum Gasteiger partial charge on any atom is -0.379 e. The number of nitrogens with one attached hydrogen (secondary N) is 1. The Labute approximate surface area is 175 Å². The van der Waals surface area contributed by atoms with Crippen molar-refractivity contribution < 1.29 is 22.7 Å². The monoisotopic (exact) mass is 439 g/mol. The molecule has 2 amide bonds. The van der Waals surface area contributed by atoms with Crippen molar-refractivity contribution >= 4 is 39.3 Å². The molecule has 1 atom stereocenters. The van der Waals surface area contributed by atoms with E-state index in [2.05, 4.69) is 5.32 Å². The molecule has 1 N–H and O–H groups in total. The molecule has 3 aliphatic heterocycles. The highest BCUT2D eigenvalue weighted by Gasteiger charge is 2.37. The number of morpholine rings is 1. The molecule has 0 aliphatic carbocycles. The summed E-state index contributed by atoms with van der Waals surface area (Å²) in [7, 11) is -3.65. The van der Waals surface area contributed by atoms with Crippen molar-refractivity contribution in [2.24, 2.45) is 0 Å². The Morgan fingerprint density at radius 2 is 1.76 bits per heavy atom. The number of hydrogen-bond acceptors (Lipinski definition) is 6. The van der Waals surface area contributed by atoms with Gasteiger partial charge >= 0.3 is 0 Å². The molecule has 8 nitrogen and oxygen atoms in total. The summed E-state index contributed by atoms with van der Waals surface area (Å²) in [5, 5.41) is 1.91. The molecule has 3 heterocycles. The summed E-state index contributed by atoms with van der Waals surface area (Å²) < 4.78 is 32.3. The third kappa shape index (κ3) is 4.30. The van der Waals surface area contributed by atoms with E-state index in [-0.39, 0.29) is 10.8 Å². The summed E-state index contributed by atoms with van der Waals surface area (Å²) >= 11 is 1.20. The van der Waals surface area contributed by atoms with Crippen LogP contribution in [-0.4, -0.2) is 74.1 Å². The topological polar surface area (TPSA) is 96.0 Å². The van der Waals surface area contributed by atoms with Gasteiger partial charge in [0, 0.05) is 31.1 Å². The number of carbonyl (C=O) groups excluding carboxylic acids is 2. The molecular weight excluding hydrogens is 414 g/mol. The van der Waals surface area contributed by atoms with E-state index in [1.165, 1.54) is 22.1 Å². The molecule has 0 spiro atoms. The van der Waals surface area contributed by atoms with Crippen LogP contribution in [-0.2, 0) is 24.3 Å². The van der Waals surface area contributed by atoms with Gasteiger partial charge in [-0.3, -0.25) is 9.59 Å². The predicted octanol–water partition coefficient (Wildman–Crippen LogP) is 1.52. The van der Waals surface area contributed by atoms with Gasteiger partial charge in [-0.05, 0) is 31.0 Å². The maximum absolute atomic E-state index is 12.9. The fraction of sp³-hybridized carbons (Fsp3) is 0.579. The molecule has 0 bridgehead atoms. The maximum atomic E-state index is 12.9. The summed E-state index contributed by atoms with van der Waals surface area (Å²) in [5.41, 5.74) is 0.439. The van der Waals surface area contributed by atoms with E-state index in [0.29, 0.717) is 50.0 Å². The number of likely N-dealkylation sites (tertiary alicyclic amines) is 1. The summed E-state index contributed by atoms with van der Waals surface area (Å²) in [6.45, 7) is 2.74. The van der Waals surface area contributed by atoms with Crippen LogP contribution in [0.25, 0.3) is 0 Å². The quantitative estimate of drug-likeness (QED) is 0.718. The van der Waals surface area contributed by atoms with Crippen LogP contribution in [0.5, 0.6) is 0 Å². The van der Waals surface area contributed by atoms with Crippen molar-refractivity contribution in [2.75, 3.05) is 44.7 Å². The number of nitrogens with zero attached hydrogens (tertiary/aromatic N) is 2. The van der Waals surface area contributed by atoms with Crippen LogP contribution >= 0.6 is 11.8 Å². The van der Waals surface area contributed by atoms with Gasteiger partial charge in [-0.25, -0.2) is 8.42 Å². The summed E-state index contributed by atoms with van der Waals surface area (Å²) in [6.07, 6.45) is 4.14. The third-order valence-electron chi connectivity index (χ3n) is 5.44. The van der Waals surface area contributed by atoms with E-state index < -0.39 is 21.2 Å². The van der Waals surface area contributed by atoms with Crippen LogP contribution in [0.2, 0.25) is 0 Å². The van der Waals surface area contributed by atoms with E-state index in [4.69, 9.17) is 4.74 Å². The van der Waals surface area contributed by atoms with Crippen LogP contribution in [0.4, 0.5) is 5.69 Å². The third-order valence-corrected chi connectivity index (χ3v) is 8.60. The molecule has 10 heteroatoms. The van der Waals surface area contributed by atoms with Crippen LogP contribution in [0.3, 0.4) is 0 Å². The number of amides is 2. The van der Waals surface area contributed by atoms with Crippen LogP contribution in [0, 0.1) is 0 Å². The van der Waals surface area contributed by atoms with E-state index >= 15 is 0 Å². The average Bonchev–Trinajstić information content (AvgIpc) is 3.02. The summed E-state index contributed by atoms with van der Waals surface area (Å²) in [5.74, 6) is -0.553. The molecular formula is C19H25N3O5S2. The molecule has 158 valence electrons. The van der Waals surface area contributed by atoms with Crippen molar-refractivity contribution in [3.63, 3.8) is 0 Å². The molecule has 0 unspecified atom stereocenters. The average molecular weight is 440 g/mol. The Morgan fingerprint density at radius 1 is 1.07 bits per heavy atom. The number of rotatable bonds is 3. The number of fused-ring (bicyclic) bond motifs is 1. The van der Waals surface area contributed by atoms with Gasteiger partial charge in [-0.2, -0.15) is 4.31 Å². The highest BCUT2D eigenvalue weighted by molar-refractivity contribution is 8.01. The first kappa shape index (κ1) is 20.6. The minimum atomic E-state index is -3.65. The first-order chi connectivity index (χ1) is 14.0. The highest BCUT2D eigenvalue weighted by Crippen LogP contribution is 2.38. The summed E-state index contributed by atoms with van der Waals surface area (Å²) in [6, 6.07) is 4.70. The van der Waals surface area contributed by atoms with Gasteiger partial charge in [0.05, 0.1) is 23.8 Å². The second-order valence-corrected chi connectivity index (χ2v) is 10.5. The van der Waals surface area contributed by atoms with Gasteiger partial charge in [0.2, 0.25) is 21.8 Å². The SMILES string of the molecule is O=C1Nc2cc(S(=O)(=O)N3CCOCC3)ccc2S[C@@H]1C(=O)N1CCCCCC1. The highest BCUT2D eigenvalue weighted by atomic mass is 32.2. The van der Waals surface area contributed by atoms with Gasteiger partial charge in [0.25, 0.3) is 0 Å². The summed E-state index contributed by atoms with van der Waals surface area (Å²) in [4.78, 5) is 28.1. The number of sulfonamides is 1. The molecule has 2 fully saturated rings. The number of ether oxygens (including phenoxy) is 1. The Bertz CT molecular complexity index is 891. The normalized spacial score (nSPS) is 23.8. The van der Waals surface area contributed by atoms with Crippen molar-refractivity contribution in [2.45, 2.75) is 40.7 Å². The lowest BCUT2D eigenvalue weighted by atomic mass is 10.2. The van der Waals surface area contributed by atoms with Gasteiger partial charge in [0.1, 0.15) is 0 Å². The molecule has 3 aliphatic rings. The van der Waals surface area contributed by atoms with Crippen LogP contribution in [0.15, 0.2) is 28.0 Å². The standard InChI is InChI=1S/C19H25N3O5S2/c23-18-17(19(24)21-7-3-1-2-4-8-21)28-16-6-5-14(13-15(16)20-18)29(25,26)22-9-11-27-12-10-22/h5-6,13,17H,1-4,7-12H2,(H,20,23)/t17-/m0/s1. The Morgan fingerprint density at radius 3 is 2.45 bits per heavy atom. The van der Waals surface area contributed by atoms with E-state index in [0.717, 1.165) is 25.7 Å². The fourth-order valence-electron chi connectivity index (χ4n) is 3.80. The van der Waals surface area contributed by atoms with Crippen molar-refractivity contribution in [1.29, 1.82) is 0 Å². The molecule has 1 aromatic carbocycles. The molecule has 1 aromatic rings. The second-order valence-electron chi connectivity index (χ2n) is 7.40. The Balaban J connectivity index is 1.53. The van der Waals surface area contributed by atoms with Gasteiger partial charge in [-0.1, -0.05) is 12.8 Å². The molecule has 0 radical (unpaired) electrons. The lowest BCUT2D eigenvalue weighted by Crippen LogP contribution is -2.45. The smallest absolute Gasteiger partial charge is 0.247 e. The number of carbonyl (C=O) groups is 2. The van der Waals surface area contributed by atoms with Crippen molar-refractivity contribution in [3.05, 3.63) is 18.2 Å². The van der Waals surface area contributed by atoms with E-state index in [9.17, 15) is 18.0 Å². The van der Waals surface area contributed by atoms with E-state index in [1.54, 1.807) is 17.0 Å². The van der Waals surface area contributed by atoms with Crippen molar-refractivity contribution in [1.82, 2.24) is 9.21 Å². The number of anilines is 1. The fourth-order valence-corrected chi connectivity index (χ4v) is 6.29. The van der Waals surface area contributed by atoms with Gasteiger partial charge < -0.3 is 15.0 Å². The number of benzene rings is 1. The van der Waals surface area contributed by atoms with Crippen LogP contribution in [0.1, 0.15) is 25.7 Å². The zero-order valence-electron chi connectivity index (χ0n) is 16.1. The lowest BCUT2D eigenvalue weighted by Gasteiger charge is -2.29. The number of thioether (sulfide) groups is 1.